The van der Waals surface area contributed by atoms with Gasteiger partial charge in [-0.05, 0) is 58.0 Å². The Balaban J connectivity index is 1.63. The first kappa shape index (κ1) is 20.8. The molecule has 3 rings (SSSR count). The molecule has 0 saturated heterocycles. The summed E-state index contributed by atoms with van der Waals surface area (Å²) in [5, 5.41) is 6.53. The van der Waals surface area contributed by atoms with Gasteiger partial charge in [-0.3, -0.25) is 0 Å². The lowest BCUT2D eigenvalue weighted by Gasteiger charge is -2.13. The van der Waals surface area contributed by atoms with Crippen molar-refractivity contribution in [3.8, 4) is 11.5 Å². The van der Waals surface area contributed by atoms with Crippen molar-refractivity contribution in [1.82, 2.24) is 5.43 Å². The molecule has 0 atom stereocenters. The van der Waals surface area contributed by atoms with Gasteiger partial charge in [0.2, 0.25) is 5.11 Å². The molecule has 0 fully saturated rings. The Morgan fingerprint density at radius 1 is 1.07 bits per heavy atom. The molecular weight excluding hydrogens is 450 g/mol. The summed E-state index contributed by atoms with van der Waals surface area (Å²) in [5.74, 6) is 1.29. The largest absolute Gasteiger partial charge is 0.493 e. The molecule has 0 aliphatic rings. The van der Waals surface area contributed by atoms with E-state index in [4.69, 9.17) is 21.7 Å². The molecule has 29 heavy (non-hydrogen) atoms. The van der Waals surface area contributed by atoms with Crippen LogP contribution >= 0.6 is 28.1 Å². The summed E-state index contributed by atoms with van der Waals surface area (Å²) >= 11 is 8.84. The van der Waals surface area contributed by atoms with Crippen molar-refractivity contribution >= 4 is 45.2 Å². The van der Waals surface area contributed by atoms with E-state index in [2.05, 4.69) is 31.8 Å². The van der Waals surface area contributed by atoms with Crippen LogP contribution in [0.3, 0.4) is 0 Å². The second-order valence-corrected chi connectivity index (χ2v) is 7.30. The first-order chi connectivity index (χ1) is 14.2. The maximum atomic E-state index is 5.96. The lowest BCUT2D eigenvalue weighted by atomic mass is 10.2. The average molecular weight is 471 g/mol. The highest BCUT2D eigenvalue weighted by molar-refractivity contribution is 9.10. The van der Waals surface area contributed by atoms with E-state index >= 15 is 0 Å². The van der Waals surface area contributed by atoms with Crippen LogP contribution in [0.15, 0.2) is 77.3 Å². The van der Waals surface area contributed by atoms with Crippen molar-refractivity contribution in [2.24, 2.45) is 0 Å². The van der Waals surface area contributed by atoms with Crippen molar-refractivity contribution in [2.75, 3.05) is 12.4 Å². The van der Waals surface area contributed by atoms with E-state index in [-0.39, 0.29) is 0 Å². The van der Waals surface area contributed by atoms with E-state index in [1.165, 1.54) is 0 Å². The lowest BCUT2D eigenvalue weighted by Crippen LogP contribution is -2.82. The number of rotatable bonds is 7. The van der Waals surface area contributed by atoms with Crippen molar-refractivity contribution < 1.29 is 14.6 Å². The van der Waals surface area contributed by atoms with E-state index in [1.807, 2.05) is 72.8 Å². The fourth-order valence-electron chi connectivity index (χ4n) is 2.56. The molecule has 3 aromatic rings. The van der Waals surface area contributed by atoms with Gasteiger partial charge in [-0.15, -0.1) is 10.5 Å². The van der Waals surface area contributed by atoms with Gasteiger partial charge >= 0.3 is 0 Å². The SMILES string of the molecule is COc1cc(C=[NH+]NC(=S)Nc2ccccc2)cc(Br)c1OCc1ccccc1. The van der Waals surface area contributed by atoms with Crippen LogP contribution in [0.4, 0.5) is 5.69 Å². The topological polar surface area (TPSA) is 56.5 Å². The first-order valence-corrected chi connectivity index (χ1v) is 10.1. The normalized spacial score (nSPS) is 10.6. The van der Waals surface area contributed by atoms with Crippen molar-refractivity contribution in [3.05, 3.63) is 88.4 Å². The number of hydrazone groups is 1. The highest BCUT2D eigenvalue weighted by Crippen LogP contribution is 2.36. The summed E-state index contributed by atoms with van der Waals surface area (Å²) in [6.07, 6.45) is 1.78. The third-order valence-electron chi connectivity index (χ3n) is 3.93. The minimum Gasteiger partial charge on any atom is -0.493 e. The predicted molar refractivity (Wildman–Crippen MR) is 123 cm³/mol. The third kappa shape index (κ3) is 6.30. The lowest BCUT2D eigenvalue weighted by molar-refractivity contribution is -0.499. The number of para-hydroxylation sites is 1. The molecule has 0 radical (unpaired) electrons. The van der Waals surface area contributed by atoms with Gasteiger partial charge in [0.15, 0.2) is 17.7 Å². The highest BCUT2D eigenvalue weighted by atomic mass is 79.9. The molecule has 3 N–H and O–H groups in total. The molecule has 148 valence electrons. The third-order valence-corrected chi connectivity index (χ3v) is 4.73. The quantitative estimate of drug-likeness (QED) is 0.280. The van der Waals surface area contributed by atoms with Crippen LogP contribution in [-0.4, -0.2) is 18.4 Å². The average Bonchev–Trinajstić information content (AvgIpc) is 2.74. The minimum absolute atomic E-state index is 0.456. The Morgan fingerprint density at radius 3 is 2.45 bits per heavy atom. The number of thiocarbonyl (C=S) groups is 1. The van der Waals surface area contributed by atoms with Gasteiger partial charge in [0, 0.05) is 11.3 Å². The summed E-state index contributed by atoms with van der Waals surface area (Å²) in [6.45, 7) is 0.456. The molecule has 7 heteroatoms. The van der Waals surface area contributed by atoms with Gasteiger partial charge in [-0.25, -0.2) is 0 Å². The zero-order valence-electron chi connectivity index (χ0n) is 15.8. The Bertz CT molecular complexity index is 982. The number of hydrogen-bond acceptors (Lipinski definition) is 3. The second kappa shape index (κ2) is 10.6. The van der Waals surface area contributed by atoms with Crippen molar-refractivity contribution in [1.29, 1.82) is 0 Å². The molecule has 5 nitrogen and oxygen atoms in total. The molecule has 0 heterocycles. The van der Waals surface area contributed by atoms with Crippen LogP contribution < -0.4 is 25.3 Å². The van der Waals surface area contributed by atoms with E-state index in [1.54, 1.807) is 13.3 Å². The Hall–Kier alpha value is -2.90. The van der Waals surface area contributed by atoms with Gasteiger partial charge in [0.1, 0.15) is 6.61 Å². The van der Waals surface area contributed by atoms with Crippen LogP contribution in [0.1, 0.15) is 11.1 Å². The summed E-state index contributed by atoms with van der Waals surface area (Å²) in [6, 6.07) is 23.5. The standard InChI is InChI=1S/C22H20BrN3O2S/c1-27-20-13-17(14-24-26-22(29)25-18-10-6-3-7-11-18)12-19(23)21(20)28-15-16-8-4-2-5-9-16/h2-14H,15H2,1H3,(H2,25,26,29)/p+1. The summed E-state index contributed by atoms with van der Waals surface area (Å²) in [5.41, 5.74) is 5.81. The molecule has 3 aromatic carbocycles. The fraction of sp³-hybridized carbons (Fsp3) is 0.0909. The molecule has 0 unspecified atom stereocenters. The van der Waals surface area contributed by atoms with Crippen LogP contribution in [-0.2, 0) is 6.61 Å². The zero-order valence-corrected chi connectivity index (χ0v) is 18.2. The Labute approximate surface area is 183 Å². The summed E-state index contributed by atoms with van der Waals surface area (Å²) in [7, 11) is 1.62. The van der Waals surface area contributed by atoms with Crippen LogP contribution in [0.2, 0.25) is 0 Å². The van der Waals surface area contributed by atoms with Gasteiger partial charge in [0.25, 0.3) is 0 Å². The van der Waals surface area contributed by atoms with Gasteiger partial charge in [0.05, 0.1) is 11.6 Å². The molecule has 0 saturated carbocycles. The van der Waals surface area contributed by atoms with Gasteiger partial charge < -0.3 is 14.8 Å². The molecule has 0 amide bonds. The Morgan fingerprint density at radius 2 is 1.76 bits per heavy atom. The highest BCUT2D eigenvalue weighted by Gasteiger charge is 2.12. The van der Waals surface area contributed by atoms with Crippen LogP contribution in [0.5, 0.6) is 11.5 Å². The van der Waals surface area contributed by atoms with Crippen LogP contribution in [0.25, 0.3) is 0 Å². The van der Waals surface area contributed by atoms with Gasteiger partial charge in [-0.1, -0.05) is 48.5 Å². The number of methoxy groups -OCH3 is 1. The molecule has 0 bridgehead atoms. The van der Waals surface area contributed by atoms with Crippen molar-refractivity contribution in [3.63, 3.8) is 0 Å². The smallest absolute Gasteiger partial charge is 0.228 e. The monoisotopic (exact) mass is 470 g/mol. The molecule has 0 aromatic heterocycles. The maximum Gasteiger partial charge on any atom is 0.228 e. The number of nitrogens with one attached hydrogen (secondary N) is 3. The number of hydrogen-bond donors (Lipinski definition) is 3. The summed E-state index contributed by atoms with van der Waals surface area (Å²) < 4.78 is 12.3. The molecular formula is C22H21BrN3O2S+. The van der Waals surface area contributed by atoms with Crippen molar-refractivity contribution in [2.45, 2.75) is 6.61 Å². The molecule has 0 aliphatic heterocycles. The Kier molecular flexibility index (Phi) is 7.61. The zero-order chi connectivity index (χ0) is 20.5. The van der Waals surface area contributed by atoms with Crippen LogP contribution in [0, 0.1) is 0 Å². The van der Waals surface area contributed by atoms with E-state index in [0.717, 1.165) is 21.3 Å². The molecule has 0 spiro atoms. The summed E-state index contributed by atoms with van der Waals surface area (Å²) in [4.78, 5) is 0. The predicted octanol–water partition coefficient (Wildman–Crippen LogP) is 3.44. The van der Waals surface area contributed by atoms with Gasteiger partial charge in [-0.2, -0.15) is 0 Å². The number of anilines is 1. The number of hydrazine groups is 1. The second-order valence-electron chi connectivity index (χ2n) is 6.04. The van der Waals surface area contributed by atoms with E-state index in [9.17, 15) is 0 Å². The fourth-order valence-corrected chi connectivity index (χ4v) is 3.31. The minimum atomic E-state index is 0.456. The maximum absolute atomic E-state index is 5.96. The molecule has 0 aliphatic carbocycles. The number of halogens is 1. The van der Waals surface area contributed by atoms with E-state index in [0.29, 0.717) is 23.2 Å². The number of ether oxygens (including phenoxy) is 2. The number of benzene rings is 3. The van der Waals surface area contributed by atoms with E-state index < -0.39 is 0 Å². The first-order valence-electron chi connectivity index (χ1n) is 8.91.